The fourth-order valence-electron chi connectivity index (χ4n) is 3.59. The molecule has 5 nitrogen and oxygen atoms in total. The lowest BCUT2D eigenvalue weighted by Crippen LogP contribution is -2.34. The molecule has 174 valence electrons. The number of nitrogens with zero attached hydrogens (tertiary/aromatic N) is 2. The Kier molecular flexibility index (Phi) is 8.63. The number of carbonyl (C=O) groups is 1. The second-order valence-electron chi connectivity index (χ2n) is 8.10. The minimum Gasteiger partial charge on any atom is -0.387 e. The van der Waals surface area contributed by atoms with Crippen molar-refractivity contribution in [1.82, 2.24) is 15.2 Å². The Bertz CT molecular complexity index is 1040. The lowest BCUT2D eigenvalue weighted by atomic mass is 10.0. The molecular formula is C26H29F2N3O2. The van der Waals surface area contributed by atoms with Gasteiger partial charge in [0.1, 0.15) is 5.82 Å². The van der Waals surface area contributed by atoms with Crippen LogP contribution >= 0.6 is 0 Å². The first kappa shape index (κ1) is 24.5. The summed E-state index contributed by atoms with van der Waals surface area (Å²) in [6, 6.07) is 16.6. The summed E-state index contributed by atoms with van der Waals surface area (Å²) in [6.45, 7) is 2.56. The fourth-order valence-corrected chi connectivity index (χ4v) is 3.59. The molecule has 0 bridgehead atoms. The maximum atomic E-state index is 13.8. The van der Waals surface area contributed by atoms with Gasteiger partial charge in [-0.3, -0.25) is 4.79 Å². The van der Waals surface area contributed by atoms with E-state index in [0.29, 0.717) is 23.2 Å². The van der Waals surface area contributed by atoms with Crippen LogP contribution in [0.15, 0.2) is 66.9 Å². The number of pyridine rings is 1. The summed E-state index contributed by atoms with van der Waals surface area (Å²) in [4.78, 5) is 17.8. The van der Waals surface area contributed by atoms with Crippen molar-refractivity contribution in [3.63, 3.8) is 0 Å². The summed E-state index contributed by atoms with van der Waals surface area (Å²) in [6.07, 6.45) is 2.25. The van der Waals surface area contributed by atoms with Crippen LogP contribution in [0.5, 0.6) is 0 Å². The Morgan fingerprint density at radius 3 is 2.42 bits per heavy atom. The van der Waals surface area contributed by atoms with Gasteiger partial charge in [-0.25, -0.2) is 9.37 Å². The Hall–Kier alpha value is -3.16. The molecule has 0 unspecified atom stereocenters. The molecule has 7 heteroatoms. The van der Waals surface area contributed by atoms with Crippen molar-refractivity contribution in [2.45, 2.75) is 38.5 Å². The van der Waals surface area contributed by atoms with Crippen LogP contribution < -0.4 is 5.32 Å². The van der Waals surface area contributed by atoms with E-state index < -0.39 is 12.1 Å². The minimum atomic E-state index is -0.722. The zero-order valence-electron chi connectivity index (χ0n) is 18.8. The number of aliphatic hydroxyl groups is 1. The molecule has 0 saturated carbocycles. The number of halogens is 2. The van der Waals surface area contributed by atoms with Crippen LogP contribution in [-0.2, 0) is 13.0 Å². The number of carbonyl (C=O) groups excluding carboxylic acids is 1. The number of nitrogens with one attached hydrogen (secondary N) is 1. The number of amides is 1. The average molecular weight is 454 g/mol. The first-order valence-electron chi connectivity index (χ1n) is 11.0. The first-order valence-corrected chi connectivity index (χ1v) is 11.0. The Labute approximate surface area is 193 Å². The predicted octanol–water partition coefficient (Wildman–Crippen LogP) is 4.28. The van der Waals surface area contributed by atoms with Crippen molar-refractivity contribution >= 4 is 5.91 Å². The molecular weight excluding hydrogens is 424 g/mol. The largest absolute Gasteiger partial charge is 0.387 e. The number of hydrogen-bond acceptors (Lipinski definition) is 4. The Balaban J connectivity index is 1.54. The van der Waals surface area contributed by atoms with Gasteiger partial charge in [-0.05, 0) is 54.3 Å². The van der Waals surface area contributed by atoms with Crippen LogP contribution in [0.25, 0.3) is 0 Å². The molecule has 0 fully saturated rings. The molecule has 33 heavy (non-hydrogen) atoms. The summed E-state index contributed by atoms with van der Waals surface area (Å²) in [7, 11) is 1.63. The third-order valence-corrected chi connectivity index (χ3v) is 5.62. The molecule has 1 aromatic heterocycles. The van der Waals surface area contributed by atoms with Crippen LogP contribution in [0, 0.1) is 11.8 Å². The normalized spacial score (nSPS) is 12.9. The van der Waals surface area contributed by atoms with Gasteiger partial charge in [0.2, 0.25) is 5.95 Å². The lowest BCUT2D eigenvalue weighted by molar-refractivity contribution is 0.0783. The highest BCUT2D eigenvalue weighted by Gasteiger charge is 2.16. The van der Waals surface area contributed by atoms with Gasteiger partial charge >= 0.3 is 0 Å². The second-order valence-corrected chi connectivity index (χ2v) is 8.10. The summed E-state index contributed by atoms with van der Waals surface area (Å²) >= 11 is 0. The van der Waals surface area contributed by atoms with Gasteiger partial charge in [-0.15, -0.1) is 0 Å². The monoisotopic (exact) mass is 453 g/mol. The molecule has 3 rings (SSSR count). The van der Waals surface area contributed by atoms with E-state index >= 15 is 0 Å². The van der Waals surface area contributed by atoms with Gasteiger partial charge in [0.15, 0.2) is 0 Å². The third-order valence-electron chi connectivity index (χ3n) is 5.62. The standard InChI is InChI=1S/C26H29F2N3O2/c1-3-23(30-16-24(32)19-10-12-22(27)13-11-19)15-18-6-8-20(9-7-18)26(33)31(2)17-21-5-4-14-29-25(21)28/h4-14,23-24,30,32H,3,15-17H2,1-2H3/t23-,24-/m0/s1. The molecule has 1 heterocycles. The molecule has 0 radical (unpaired) electrons. The summed E-state index contributed by atoms with van der Waals surface area (Å²) < 4.78 is 26.8. The van der Waals surface area contributed by atoms with Crippen LogP contribution in [0.1, 0.15) is 46.5 Å². The van der Waals surface area contributed by atoms with E-state index in [1.54, 1.807) is 43.4 Å². The molecule has 2 N–H and O–H groups in total. The predicted molar refractivity (Wildman–Crippen MR) is 124 cm³/mol. The third kappa shape index (κ3) is 6.91. The van der Waals surface area contributed by atoms with Crippen molar-refractivity contribution < 1.29 is 18.7 Å². The Morgan fingerprint density at radius 2 is 1.79 bits per heavy atom. The fraction of sp³-hybridized carbons (Fsp3) is 0.308. The van der Waals surface area contributed by atoms with Crippen molar-refractivity contribution in [3.05, 3.63) is 101 Å². The highest BCUT2D eigenvalue weighted by molar-refractivity contribution is 5.94. The second kappa shape index (κ2) is 11.6. The zero-order chi connectivity index (χ0) is 23.8. The number of aliphatic hydroxyl groups excluding tert-OH is 1. The van der Waals surface area contributed by atoms with Gasteiger partial charge in [0.05, 0.1) is 12.6 Å². The molecule has 0 aliphatic carbocycles. The van der Waals surface area contributed by atoms with Crippen molar-refractivity contribution in [2.75, 3.05) is 13.6 Å². The van der Waals surface area contributed by atoms with Gasteiger partial charge < -0.3 is 15.3 Å². The van der Waals surface area contributed by atoms with Crippen LogP contribution in [-0.4, -0.2) is 40.5 Å². The zero-order valence-corrected chi connectivity index (χ0v) is 18.8. The molecule has 0 saturated heterocycles. The average Bonchev–Trinajstić information content (AvgIpc) is 2.83. The molecule has 2 atom stereocenters. The number of benzene rings is 2. The van der Waals surface area contributed by atoms with E-state index in [2.05, 4.69) is 17.2 Å². The highest BCUT2D eigenvalue weighted by Crippen LogP contribution is 2.15. The smallest absolute Gasteiger partial charge is 0.253 e. The first-order chi connectivity index (χ1) is 15.9. The molecule has 0 aliphatic heterocycles. The molecule has 1 amide bonds. The van der Waals surface area contributed by atoms with Crippen molar-refractivity contribution in [2.24, 2.45) is 0 Å². The number of aromatic nitrogens is 1. The summed E-state index contributed by atoms with van der Waals surface area (Å²) in [5, 5.41) is 13.7. The summed E-state index contributed by atoms with van der Waals surface area (Å²) in [5.74, 6) is -1.10. The summed E-state index contributed by atoms with van der Waals surface area (Å²) in [5.41, 5.74) is 2.61. The molecule has 2 aromatic carbocycles. The van der Waals surface area contributed by atoms with E-state index in [-0.39, 0.29) is 24.3 Å². The number of rotatable bonds is 10. The van der Waals surface area contributed by atoms with Gasteiger partial charge in [0.25, 0.3) is 5.91 Å². The van der Waals surface area contributed by atoms with Crippen molar-refractivity contribution in [3.8, 4) is 0 Å². The van der Waals surface area contributed by atoms with Crippen LogP contribution in [0.3, 0.4) is 0 Å². The SMILES string of the molecule is CC[C@@H](Cc1ccc(C(=O)N(C)Cc2cccnc2F)cc1)NC[C@H](O)c1ccc(F)cc1. The number of hydrogen-bond donors (Lipinski definition) is 2. The van der Waals surface area contributed by atoms with Gasteiger partial charge in [-0.1, -0.05) is 37.3 Å². The van der Waals surface area contributed by atoms with Gasteiger partial charge in [0, 0.05) is 37.0 Å². The lowest BCUT2D eigenvalue weighted by Gasteiger charge is -2.20. The van der Waals surface area contributed by atoms with E-state index in [1.165, 1.54) is 23.2 Å². The van der Waals surface area contributed by atoms with E-state index in [1.807, 2.05) is 12.1 Å². The minimum absolute atomic E-state index is 0.137. The van der Waals surface area contributed by atoms with E-state index in [0.717, 1.165) is 18.4 Å². The maximum absolute atomic E-state index is 13.8. The quantitative estimate of drug-likeness (QED) is 0.450. The van der Waals surface area contributed by atoms with Gasteiger partial charge in [-0.2, -0.15) is 4.39 Å². The van der Waals surface area contributed by atoms with Crippen LogP contribution in [0.2, 0.25) is 0 Å². The maximum Gasteiger partial charge on any atom is 0.253 e. The van der Waals surface area contributed by atoms with E-state index in [4.69, 9.17) is 0 Å². The molecule has 0 aliphatic rings. The van der Waals surface area contributed by atoms with Crippen LogP contribution in [0.4, 0.5) is 8.78 Å². The molecule has 0 spiro atoms. The topological polar surface area (TPSA) is 65.5 Å². The Morgan fingerprint density at radius 1 is 1.09 bits per heavy atom. The molecule has 3 aromatic rings. The van der Waals surface area contributed by atoms with Crippen molar-refractivity contribution in [1.29, 1.82) is 0 Å². The highest BCUT2D eigenvalue weighted by atomic mass is 19.1. The van der Waals surface area contributed by atoms with E-state index in [9.17, 15) is 18.7 Å².